The van der Waals surface area contributed by atoms with Crippen molar-refractivity contribution in [2.45, 2.75) is 6.42 Å². The number of nitrogens with one attached hydrogen (secondary N) is 4. The number of halogens is 1. The van der Waals surface area contributed by atoms with Gasteiger partial charge in [-0.25, -0.2) is 9.18 Å². The molecule has 0 aliphatic carbocycles. The van der Waals surface area contributed by atoms with Crippen LogP contribution in [0.15, 0.2) is 12.1 Å². The molecule has 0 aromatic heterocycles. The van der Waals surface area contributed by atoms with Crippen molar-refractivity contribution in [3.8, 4) is 0 Å². The van der Waals surface area contributed by atoms with Crippen LogP contribution in [-0.2, 0) is 4.79 Å². The normalized spacial score (nSPS) is 18.2. The second-order valence-electron chi connectivity index (χ2n) is 5.91. The van der Waals surface area contributed by atoms with Gasteiger partial charge in [0.2, 0.25) is 5.91 Å². The van der Waals surface area contributed by atoms with Gasteiger partial charge in [-0.2, -0.15) is 0 Å². The first-order valence-corrected chi connectivity index (χ1v) is 8.19. The van der Waals surface area contributed by atoms with Crippen molar-refractivity contribution < 1.29 is 14.0 Å². The summed E-state index contributed by atoms with van der Waals surface area (Å²) in [7, 11) is 1.58. The molecule has 2 aliphatic rings. The fraction of sp³-hybridized carbons (Fsp3) is 0.438. The fourth-order valence-electron chi connectivity index (χ4n) is 3.08. The van der Waals surface area contributed by atoms with E-state index in [0.717, 1.165) is 18.0 Å². The minimum atomic E-state index is -0.658. The van der Waals surface area contributed by atoms with Gasteiger partial charge >= 0.3 is 6.03 Å². The van der Waals surface area contributed by atoms with Gasteiger partial charge in [0.25, 0.3) is 0 Å². The molecule has 9 heteroatoms. The Labute approximate surface area is 144 Å². The Bertz CT molecular complexity index is 717. The van der Waals surface area contributed by atoms with E-state index in [-0.39, 0.29) is 36.0 Å². The van der Waals surface area contributed by atoms with Crippen molar-refractivity contribution in [1.29, 1.82) is 5.41 Å². The van der Waals surface area contributed by atoms with Crippen molar-refractivity contribution in [3.63, 3.8) is 0 Å². The van der Waals surface area contributed by atoms with Gasteiger partial charge in [-0.15, -0.1) is 0 Å². The molecule has 8 nitrogen and oxygen atoms in total. The molecule has 3 rings (SSSR count). The number of amides is 3. The van der Waals surface area contributed by atoms with E-state index >= 15 is 4.39 Å². The van der Waals surface area contributed by atoms with Crippen LogP contribution in [-0.4, -0.2) is 62.4 Å². The van der Waals surface area contributed by atoms with Gasteiger partial charge in [0.15, 0.2) is 5.82 Å². The molecular formula is C16H21FN6O2. The zero-order chi connectivity index (χ0) is 18.0. The molecule has 0 atom stereocenters. The number of nitrogens with zero attached hydrogens (tertiary/aromatic N) is 2. The van der Waals surface area contributed by atoms with Crippen LogP contribution >= 0.6 is 0 Å². The maximum Gasteiger partial charge on any atom is 0.329 e. The standard InChI is InChI=1S/C16H21FN6O2/c1-19-14-10(15(18)23-7-4-12(24)21-16(23)25)2-3-11(13(14)17)22-8-5-20-6-9-22/h2-3,18-20H,4-9H2,1H3,(H,21,24,25). The van der Waals surface area contributed by atoms with Crippen molar-refractivity contribution in [1.82, 2.24) is 15.5 Å². The average molecular weight is 348 g/mol. The number of imide groups is 1. The quantitative estimate of drug-likeness (QED) is 0.472. The lowest BCUT2D eigenvalue weighted by molar-refractivity contribution is -0.121. The van der Waals surface area contributed by atoms with Gasteiger partial charge in [0.1, 0.15) is 5.84 Å². The van der Waals surface area contributed by atoms with Crippen LogP contribution in [0.5, 0.6) is 0 Å². The van der Waals surface area contributed by atoms with Crippen molar-refractivity contribution in [2.24, 2.45) is 0 Å². The van der Waals surface area contributed by atoms with E-state index in [1.54, 1.807) is 19.2 Å². The number of carbonyl (C=O) groups is 2. The third-order valence-electron chi connectivity index (χ3n) is 4.41. The molecule has 4 N–H and O–H groups in total. The number of amidine groups is 1. The molecule has 0 spiro atoms. The summed E-state index contributed by atoms with van der Waals surface area (Å²) in [5.41, 5.74) is 0.926. The number of hydrogen-bond donors (Lipinski definition) is 4. The Morgan fingerprint density at radius 1 is 1.24 bits per heavy atom. The lowest BCUT2D eigenvalue weighted by Crippen LogP contribution is -2.52. The number of rotatable bonds is 3. The van der Waals surface area contributed by atoms with Gasteiger partial charge in [-0.1, -0.05) is 0 Å². The van der Waals surface area contributed by atoms with Crippen molar-refractivity contribution >= 4 is 29.1 Å². The second kappa shape index (κ2) is 7.06. The predicted octanol–water partition coefficient (Wildman–Crippen LogP) is 0.544. The van der Waals surface area contributed by atoms with Crippen LogP contribution in [0.25, 0.3) is 0 Å². The third-order valence-corrected chi connectivity index (χ3v) is 4.41. The fourth-order valence-corrected chi connectivity index (χ4v) is 3.08. The minimum Gasteiger partial charge on any atom is -0.385 e. The van der Waals surface area contributed by atoms with E-state index in [1.807, 2.05) is 4.90 Å². The highest BCUT2D eigenvalue weighted by molar-refractivity contribution is 6.13. The van der Waals surface area contributed by atoms with E-state index in [0.29, 0.717) is 18.8 Å². The summed E-state index contributed by atoms with van der Waals surface area (Å²) >= 11 is 0. The molecule has 1 aromatic carbocycles. The smallest absolute Gasteiger partial charge is 0.329 e. The second-order valence-corrected chi connectivity index (χ2v) is 5.91. The van der Waals surface area contributed by atoms with Gasteiger partial charge < -0.3 is 15.5 Å². The topological polar surface area (TPSA) is 101 Å². The maximum absolute atomic E-state index is 15.0. The summed E-state index contributed by atoms with van der Waals surface area (Å²) in [4.78, 5) is 26.3. The first-order valence-electron chi connectivity index (χ1n) is 8.19. The van der Waals surface area contributed by atoms with Gasteiger partial charge in [0.05, 0.1) is 11.4 Å². The van der Waals surface area contributed by atoms with E-state index in [1.165, 1.54) is 0 Å². The molecule has 0 saturated carbocycles. The van der Waals surface area contributed by atoms with Crippen LogP contribution in [0.3, 0.4) is 0 Å². The molecule has 0 unspecified atom stereocenters. The molecule has 25 heavy (non-hydrogen) atoms. The van der Waals surface area contributed by atoms with Crippen LogP contribution in [0.2, 0.25) is 0 Å². The number of anilines is 2. The molecule has 2 aliphatic heterocycles. The van der Waals surface area contributed by atoms with Crippen LogP contribution in [0, 0.1) is 11.2 Å². The van der Waals surface area contributed by atoms with Gasteiger partial charge in [-0.05, 0) is 12.1 Å². The molecule has 2 fully saturated rings. The van der Waals surface area contributed by atoms with E-state index in [2.05, 4.69) is 16.0 Å². The monoisotopic (exact) mass is 348 g/mol. The largest absolute Gasteiger partial charge is 0.385 e. The average Bonchev–Trinajstić information content (AvgIpc) is 2.61. The maximum atomic E-state index is 15.0. The number of piperazine rings is 1. The minimum absolute atomic E-state index is 0.105. The first-order chi connectivity index (χ1) is 12.0. The highest BCUT2D eigenvalue weighted by Gasteiger charge is 2.29. The van der Waals surface area contributed by atoms with Crippen LogP contribution < -0.4 is 20.9 Å². The summed E-state index contributed by atoms with van der Waals surface area (Å²) in [5, 5.41) is 16.5. The molecule has 134 valence electrons. The van der Waals surface area contributed by atoms with E-state index in [9.17, 15) is 9.59 Å². The SMILES string of the molecule is CNc1c(C(=N)N2CCC(=O)NC2=O)ccc(N2CCNCC2)c1F. The summed E-state index contributed by atoms with van der Waals surface area (Å²) in [6, 6.07) is 2.62. The Balaban J connectivity index is 1.91. The molecule has 2 heterocycles. The van der Waals surface area contributed by atoms with E-state index < -0.39 is 11.8 Å². The molecule has 2 saturated heterocycles. The Morgan fingerprint density at radius 3 is 2.60 bits per heavy atom. The Hall–Kier alpha value is -2.68. The van der Waals surface area contributed by atoms with Gasteiger partial charge in [-0.3, -0.25) is 20.4 Å². The lowest BCUT2D eigenvalue weighted by atomic mass is 10.1. The summed E-state index contributed by atoms with van der Waals surface area (Å²) in [5.74, 6) is -0.955. The molecule has 0 bridgehead atoms. The van der Waals surface area contributed by atoms with Crippen LogP contribution in [0.4, 0.5) is 20.6 Å². The zero-order valence-corrected chi connectivity index (χ0v) is 14.0. The molecule has 0 radical (unpaired) electrons. The third kappa shape index (κ3) is 3.27. The molecule has 3 amide bonds. The van der Waals surface area contributed by atoms with Gasteiger partial charge in [0, 0.05) is 51.8 Å². The highest BCUT2D eigenvalue weighted by atomic mass is 19.1. The zero-order valence-electron chi connectivity index (χ0n) is 14.0. The first kappa shape index (κ1) is 17.2. The lowest BCUT2D eigenvalue weighted by Gasteiger charge is -2.31. The summed E-state index contributed by atoms with van der Waals surface area (Å²) in [6.07, 6.45) is 0.115. The van der Waals surface area contributed by atoms with Crippen LogP contribution in [0.1, 0.15) is 12.0 Å². The Morgan fingerprint density at radius 2 is 1.96 bits per heavy atom. The molecular weight excluding hydrogens is 327 g/mol. The Kier molecular flexibility index (Phi) is 4.84. The van der Waals surface area contributed by atoms with E-state index in [4.69, 9.17) is 5.41 Å². The number of urea groups is 1. The number of carbonyl (C=O) groups excluding carboxylic acids is 2. The number of hydrogen-bond acceptors (Lipinski definition) is 6. The van der Waals surface area contributed by atoms with Crippen molar-refractivity contribution in [3.05, 3.63) is 23.5 Å². The predicted molar refractivity (Wildman–Crippen MR) is 92.7 cm³/mol. The molecule has 1 aromatic rings. The van der Waals surface area contributed by atoms with Crippen molar-refractivity contribution in [2.75, 3.05) is 50.0 Å². The summed E-state index contributed by atoms with van der Waals surface area (Å²) < 4.78 is 15.0. The number of benzene rings is 1. The summed E-state index contributed by atoms with van der Waals surface area (Å²) in [6.45, 7) is 3.08. The highest BCUT2D eigenvalue weighted by Crippen LogP contribution is 2.30.